The minimum atomic E-state index is -1.02. The second kappa shape index (κ2) is 7.12. The Bertz CT molecular complexity index is 1200. The lowest BCUT2D eigenvalue weighted by atomic mass is 9.82. The third-order valence-corrected chi connectivity index (χ3v) is 5.66. The van der Waals surface area contributed by atoms with Gasteiger partial charge in [0.05, 0.1) is 24.5 Å². The molecule has 1 unspecified atom stereocenters. The van der Waals surface area contributed by atoms with Crippen molar-refractivity contribution in [3.05, 3.63) is 89.1 Å². The molecule has 0 amide bonds. The minimum absolute atomic E-state index is 0.376. The number of aromatic nitrogens is 2. The van der Waals surface area contributed by atoms with Crippen molar-refractivity contribution in [3.63, 3.8) is 0 Å². The number of rotatable bonds is 4. The van der Waals surface area contributed by atoms with E-state index in [1.165, 1.54) is 0 Å². The van der Waals surface area contributed by atoms with Crippen LogP contribution in [0, 0.1) is 11.5 Å². The van der Waals surface area contributed by atoms with E-state index in [1.807, 2.05) is 66.7 Å². The molecule has 0 saturated carbocycles. The maximum absolute atomic E-state index is 12.3. The smallest absolute Gasteiger partial charge is 0.224 e. The number of carbonyl (C=O) groups excluding carboxylic acids is 1. The van der Waals surface area contributed by atoms with Crippen LogP contribution >= 0.6 is 0 Å². The first-order valence-corrected chi connectivity index (χ1v) is 9.83. The number of nitrogens with zero attached hydrogens (tertiary/aromatic N) is 4. The highest BCUT2D eigenvalue weighted by Gasteiger charge is 2.35. The largest absolute Gasteiger partial charge is 0.335 e. The number of nitrogens with one attached hydrogen (secondary N) is 1. The number of carbonyl (C=O) groups is 1. The second-order valence-electron chi connectivity index (χ2n) is 7.52. The average Bonchev–Trinajstić information content (AvgIpc) is 3.22. The van der Waals surface area contributed by atoms with Crippen molar-refractivity contribution in [2.75, 3.05) is 5.32 Å². The molecule has 30 heavy (non-hydrogen) atoms. The zero-order valence-corrected chi connectivity index (χ0v) is 16.2. The van der Waals surface area contributed by atoms with Crippen LogP contribution in [0.25, 0.3) is 11.3 Å². The fourth-order valence-corrected chi connectivity index (χ4v) is 4.21. The van der Waals surface area contributed by atoms with Gasteiger partial charge in [-0.2, -0.15) is 5.26 Å². The number of hydrogen-bond acceptors (Lipinski definition) is 6. The Morgan fingerprint density at radius 2 is 1.87 bits per heavy atom. The molecule has 0 radical (unpaired) electrons. The summed E-state index contributed by atoms with van der Waals surface area (Å²) in [5.41, 5.74) is 4.49. The standard InChI is InChI=1S/C24H19N5O/c25-16-29-13-19-21(14-29)26-23(27-22(19)18-8-2-1-3-9-18)28-24(15-30)12-6-10-17-7-4-5-11-20(17)24/h1-9,11-12,15H,10,13-14H2,(H,26,27,28). The van der Waals surface area contributed by atoms with E-state index in [0.717, 1.165) is 46.3 Å². The molecule has 5 rings (SSSR count). The molecule has 6 nitrogen and oxygen atoms in total. The zero-order valence-electron chi connectivity index (χ0n) is 16.2. The van der Waals surface area contributed by atoms with Gasteiger partial charge in [0, 0.05) is 11.1 Å². The number of allylic oxidation sites excluding steroid dienone is 1. The third kappa shape index (κ3) is 2.92. The van der Waals surface area contributed by atoms with E-state index in [4.69, 9.17) is 4.98 Å². The molecule has 3 aromatic rings. The molecule has 1 atom stereocenters. The average molecular weight is 393 g/mol. The number of nitriles is 1. The van der Waals surface area contributed by atoms with Crippen LogP contribution in [0.15, 0.2) is 66.7 Å². The van der Waals surface area contributed by atoms with Crippen molar-refractivity contribution >= 4 is 12.2 Å². The van der Waals surface area contributed by atoms with Gasteiger partial charge < -0.3 is 10.2 Å². The van der Waals surface area contributed by atoms with Crippen molar-refractivity contribution < 1.29 is 4.79 Å². The molecule has 0 bridgehead atoms. The van der Waals surface area contributed by atoms with E-state index in [1.54, 1.807) is 4.90 Å². The van der Waals surface area contributed by atoms with Crippen LogP contribution in [-0.4, -0.2) is 21.2 Å². The number of aldehydes is 1. The Morgan fingerprint density at radius 1 is 1.07 bits per heavy atom. The number of hydrogen-bond donors (Lipinski definition) is 1. The zero-order chi connectivity index (χ0) is 20.6. The molecule has 1 N–H and O–H groups in total. The Hall–Kier alpha value is -3.98. The fraction of sp³-hybridized carbons (Fsp3) is 0.167. The van der Waals surface area contributed by atoms with Crippen molar-refractivity contribution in [2.24, 2.45) is 0 Å². The maximum atomic E-state index is 12.3. The van der Waals surface area contributed by atoms with Gasteiger partial charge in [-0.1, -0.05) is 66.7 Å². The Labute approximate surface area is 174 Å². The van der Waals surface area contributed by atoms with E-state index in [9.17, 15) is 10.1 Å². The molecule has 1 aliphatic heterocycles. The summed E-state index contributed by atoms with van der Waals surface area (Å²) in [5.74, 6) is 0.376. The predicted molar refractivity (Wildman–Crippen MR) is 113 cm³/mol. The first-order valence-electron chi connectivity index (χ1n) is 9.83. The van der Waals surface area contributed by atoms with Gasteiger partial charge >= 0.3 is 0 Å². The topological polar surface area (TPSA) is 81.9 Å². The van der Waals surface area contributed by atoms with Crippen molar-refractivity contribution in [1.29, 1.82) is 5.26 Å². The van der Waals surface area contributed by atoms with Crippen LogP contribution in [0.2, 0.25) is 0 Å². The van der Waals surface area contributed by atoms with Gasteiger partial charge in [0.25, 0.3) is 0 Å². The summed E-state index contributed by atoms with van der Waals surface area (Å²) in [6.45, 7) is 0.918. The van der Waals surface area contributed by atoms with Gasteiger partial charge in [0.15, 0.2) is 12.5 Å². The number of fused-ring (bicyclic) bond motifs is 2. The first-order chi connectivity index (χ1) is 14.7. The summed E-state index contributed by atoms with van der Waals surface area (Å²) < 4.78 is 0. The quantitative estimate of drug-likeness (QED) is 0.415. The van der Waals surface area contributed by atoms with E-state index in [0.29, 0.717) is 19.0 Å². The molecule has 2 aliphatic rings. The Morgan fingerprint density at radius 3 is 2.67 bits per heavy atom. The number of anilines is 1. The third-order valence-electron chi connectivity index (χ3n) is 5.66. The molecule has 0 spiro atoms. The lowest BCUT2D eigenvalue weighted by molar-refractivity contribution is -0.110. The summed E-state index contributed by atoms with van der Waals surface area (Å²) in [5, 5.41) is 12.7. The molecular formula is C24H19N5O. The van der Waals surface area contributed by atoms with Gasteiger partial charge in [-0.05, 0) is 17.5 Å². The van der Waals surface area contributed by atoms with E-state index >= 15 is 0 Å². The highest BCUT2D eigenvalue weighted by Crippen LogP contribution is 2.35. The summed E-state index contributed by atoms with van der Waals surface area (Å²) in [6, 6.07) is 17.8. The fourth-order valence-electron chi connectivity index (χ4n) is 4.21. The normalized spacial score (nSPS) is 19.0. The van der Waals surface area contributed by atoms with Crippen LogP contribution in [0.5, 0.6) is 0 Å². The lowest BCUT2D eigenvalue weighted by Crippen LogP contribution is -2.38. The molecule has 6 heteroatoms. The summed E-state index contributed by atoms with van der Waals surface area (Å²) in [4.78, 5) is 23.5. The summed E-state index contributed by atoms with van der Waals surface area (Å²) >= 11 is 0. The SMILES string of the molecule is N#CN1Cc2nc(NC3(C=O)C=CCc4ccccc43)nc(-c3ccccc3)c2C1. The molecule has 1 aromatic heterocycles. The Balaban J connectivity index is 1.62. The second-order valence-corrected chi connectivity index (χ2v) is 7.52. The van der Waals surface area contributed by atoms with Crippen LogP contribution in [0.4, 0.5) is 5.95 Å². The van der Waals surface area contributed by atoms with Crippen molar-refractivity contribution in [2.45, 2.75) is 25.0 Å². The Kier molecular flexibility index (Phi) is 4.29. The molecule has 1 aliphatic carbocycles. The minimum Gasteiger partial charge on any atom is -0.335 e. The van der Waals surface area contributed by atoms with Gasteiger partial charge in [-0.25, -0.2) is 9.97 Å². The van der Waals surface area contributed by atoms with Gasteiger partial charge in [-0.3, -0.25) is 4.79 Å². The molecule has 0 saturated heterocycles. The van der Waals surface area contributed by atoms with Crippen LogP contribution < -0.4 is 5.32 Å². The predicted octanol–water partition coefficient (Wildman–Crippen LogP) is 3.56. The van der Waals surface area contributed by atoms with Crippen LogP contribution in [0.3, 0.4) is 0 Å². The molecular weight excluding hydrogens is 374 g/mol. The van der Waals surface area contributed by atoms with Gasteiger partial charge in [0.2, 0.25) is 5.95 Å². The first kappa shape index (κ1) is 18.1. The van der Waals surface area contributed by atoms with E-state index in [-0.39, 0.29) is 0 Å². The summed E-state index contributed by atoms with van der Waals surface area (Å²) in [7, 11) is 0. The number of benzene rings is 2. The monoisotopic (exact) mass is 393 g/mol. The van der Waals surface area contributed by atoms with Crippen LogP contribution in [-0.2, 0) is 29.8 Å². The highest BCUT2D eigenvalue weighted by molar-refractivity contribution is 5.78. The maximum Gasteiger partial charge on any atom is 0.224 e. The summed E-state index contributed by atoms with van der Waals surface area (Å²) in [6.07, 6.45) is 7.76. The van der Waals surface area contributed by atoms with E-state index < -0.39 is 5.54 Å². The lowest BCUT2D eigenvalue weighted by Gasteiger charge is -2.31. The molecule has 2 heterocycles. The molecule has 146 valence electrons. The van der Waals surface area contributed by atoms with Gasteiger partial charge in [-0.15, -0.1) is 0 Å². The highest BCUT2D eigenvalue weighted by atomic mass is 16.1. The molecule has 2 aromatic carbocycles. The van der Waals surface area contributed by atoms with Crippen molar-refractivity contribution in [1.82, 2.24) is 14.9 Å². The molecule has 0 fully saturated rings. The van der Waals surface area contributed by atoms with Gasteiger partial charge in [0.1, 0.15) is 5.54 Å². The van der Waals surface area contributed by atoms with Crippen molar-refractivity contribution in [3.8, 4) is 17.5 Å². The van der Waals surface area contributed by atoms with Crippen LogP contribution in [0.1, 0.15) is 22.4 Å². The van der Waals surface area contributed by atoms with E-state index in [2.05, 4.69) is 16.5 Å².